The summed E-state index contributed by atoms with van der Waals surface area (Å²) in [5, 5.41) is 0.509. The first-order valence-electron chi connectivity index (χ1n) is 7.48. The van der Waals surface area contributed by atoms with Crippen molar-refractivity contribution < 1.29 is 19.1 Å². The standard InChI is InChI=1S/C16H19ClN2O4/c1-18-12-7-19(6-10(15(18)20)8-23-9-12)16(21)13-4-3-11(17)5-14(13)22-2/h3-5,10,12H,6-9H2,1-2H3/t10-,12+/m1/s1. The molecule has 2 heterocycles. The lowest BCUT2D eigenvalue weighted by Crippen LogP contribution is -2.45. The number of rotatable bonds is 2. The van der Waals surface area contributed by atoms with Gasteiger partial charge < -0.3 is 19.3 Å². The van der Waals surface area contributed by atoms with E-state index < -0.39 is 0 Å². The summed E-state index contributed by atoms with van der Waals surface area (Å²) in [7, 11) is 3.27. The highest BCUT2D eigenvalue weighted by atomic mass is 35.5. The number of benzene rings is 1. The van der Waals surface area contributed by atoms with E-state index in [0.717, 1.165) is 0 Å². The van der Waals surface area contributed by atoms with Crippen LogP contribution in [-0.4, -0.2) is 68.1 Å². The summed E-state index contributed by atoms with van der Waals surface area (Å²) in [6.45, 7) is 1.59. The first kappa shape index (κ1) is 16.1. The molecule has 3 rings (SSSR count). The highest BCUT2D eigenvalue weighted by molar-refractivity contribution is 6.30. The lowest BCUT2D eigenvalue weighted by molar-refractivity contribution is -0.133. The van der Waals surface area contributed by atoms with Crippen molar-refractivity contribution >= 4 is 23.4 Å². The van der Waals surface area contributed by atoms with E-state index in [4.69, 9.17) is 21.1 Å². The van der Waals surface area contributed by atoms with Gasteiger partial charge in [0.2, 0.25) is 5.91 Å². The van der Waals surface area contributed by atoms with E-state index in [1.807, 2.05) is 0 Å². The molecule has 2 saturated heterocycles. The third kappa shape index (κ3) is 3.01. The minimum absolute atomic E-state index is 0.0332. The molecular formula is C16H19ClN2O4. The van der Waals surface area contributed by atoms with Gasteiger partial charge >= 0.3 is 0 Å². The molecule has 2 atom stereocenters. The maximum absolute atomic E-state index is 12.9. The second-order valence-corrected chi connectivity index (χ2v) is 6.33. The van der Waals surface area contributed by atoms with Gasteiger partial charge in [0.05, 0.1) is 37.8 Å². The highest BCUT2D eigenvalue weighted by Gasteiger charge is 2.39. The van der Waals surface area contributed by atoms with Gasteiger partial charge in [0, 0.05) is 25.2 Å². The molecule has 124 valence electrons. The summed E-state index contributed by atoms with van der Waals surface area (Å²) < 4.78 is 10.8. The Bertz CT molecular complexity index is 637. The van der Waals surface area contributed by atoms with Crippen molar-refractivity contribution in [2.45, 2.75) is 6.04 Å². The average Bonchev–Trinajstić information content (AvgIpc) is 2.72. The molecule has 2 aliphatic heterocycles. The molecular weight excluding hydrogens is 320 g/mol. The van der Waals surface area contributed by atoms with Crippen LogP contribution in [-0.2, 0) is 9.53 Å². The summed E-state index contributed by atoms with van der Waals surface area (Å²) in [5.41, 5.74) is 0.452. The topological polar surface area (TPSA) is 59.1 Å². The second-order valence-electron chi connectivity index (χ2n) is 5.89. The number of methoxy groups -OCH3 is 1. The zero-order valence-electron chi connectivity index (χ0n) is 13.1. The van der Waals surface area contributed by atoms with Gasteiger partial charge in [-0.05, 0) is 18.2 Å². The Kier molecular flexibility index (Phi) is 4.46. The van der Waals surface area contributed by atoms with Gasteiger partial charge in [-0.25, -0.2) is 0 Å². The Labute approximate surface area is 139 Å². The molecule has 7 heteroatoms. The van der Waals surface area contributed by atoms with Gasteiger partial charge in [0.25, 0.3) is 5.91 Å². The third-order valence-corrected chi connectivity index (χ3v) is 4.66. The van der Waals surface area contributed by atoms with Crippen LogP contribution in [0.15, 0.2) is 18.2 Å². The maximum atomic E-state index is 12.9. The number of hydrogen-bond acceptors (Lipinski definition) is 4. The Balaban J connectivity index is 1.90. The highest BCUT2D eigenvalue weighted by Crippen LogP contribution is 2.27. The molecule has 0 radical (unpaired) electrons. The fourth-order valence-corrected chi connectivity index (χ4v) is 3.24. The SMILES string of the molecule is COc1cc(Cl)ccc1C(=O)N1C[C@@H]2COC[C@H](C1)N(C)C2=O. The van der Waals surface area contributed by atoms with Crippen molar-refractivity contribution in [1.29, 1.82) is 0 Å². The van der Waals surface area contributed by atoms with Crippen molar-refractivity contribution in [3.8, 4) is 5.75 Å². The molecule has 0 saturated carbocycles. The van der Waals surface area contributed by atoms with E-state index in [9.17, 15) is 9.59 Å². The number of hydrogen-bond donors (Lipinski definition) is 0. The molecule has 6 nitrogen and oxygen atoms in total. The number of ether oxygens (including phenoxy) is 2. The molecule has 0 unspecified atom stereocenters. The second kappa shape index (κ2) is 6.37. The number of amides is 2. The number of likely N-dealkylation sites (N-methyl/N-ethyl adjacent to an activating group) is 1. The quantitative estimate of drug-likeness (QED) is 0.815. The summed E-state index contributed by atoms with van der Waals surface area (Å²) in [6.07, 6.45) is 0. The van der Waals surface area contributed by atoms with Gasteiger partial charge in [0.1, 0.15) is 5.75 Å². The monoisotopic (exact) mass is 338 g/mol. The fourth-order valence-electron chi connectivity index (χ4n) is 3.08. The van der Waals surface area contributed by atoms with Crippen molar-refractivity contribution in [3.63, 3.8) is 0 Å². The largest absolute Gasteiger partial charge is 0.496 e. The number of carbonyl (C=O) groups is 2. The maximum Gasteiger partial charge on any atom is 0.257 e. The van der Waals surface area contributed by atoms with E-state index >= 15 is 0 Å². The summed E-state index contributed by atoms with van der Waals surface area (Å²) in [5.74, 6) is -0.00743. The molecule has 0 spiro atoms. The molecule has 0 N–H and O–H groups in total. The Hall–Kier alpha value is -1.79. The van der Waals surface area contributed by atoms with Crippen molar-refractivity contribution in [1.82, 2.24) is 9.80 Å². The van der Waals surface area contributed by atoms with E-state index in [2.05, 4.69) is 0 Å². The van der Waals surface area contributed by atoms with Crippen LogP contribution in [0.25, 0.3) is 0 Å². The summed E-state index contributed by atoms with van der Waals surface area (Å²) in [4.78, 5) is 28.7. The Morgan fingerprint density at radius 1 is 1.35 bits per heavy atom. The normalized spacial score (nSPS) is 24.4. The lowest BCUT2D eigenvalue weighted by atomic mass is 10.1. The molecule has 23 heavy (non-hydrogen) atoms. The van der Waals surface area contributed by atoms with Crippen LogP contribution in [0.4, 0.5) is 0 Å². The molecule has 1 aromatic carbocycles. The third-order valence-electron chi connectivity index (χ3n) is 4.43. The summed E-state index contributed by atoms with van der Waals surface area (Å²) >= 11 is 5.96. The van der Waals surface area contributed by atoms with Gasteiger partial charge in [-0.15, -0.1) is 0 Å². The van der Waals surface area contributed by atoms with Gasteiger partial charge in [-0.2, -0.15) is 0 Å². The lowest BCUT2D eigenvalue weighted by Gasteiger charge is -2.29. The first-order chi connectivity index (χ1) is 11.0. The first-order valence-corrected chi connectivity index (χ1v) is 7.86. The molecule has 2 fully saturated rings. The minimum atomic E-state index is -0.324. The van der Waals surface area contributed by atoms with E-state index in [1.54, 1.807) is 35.0 Å². The van der Waals surface area contributed by atoms with Crippen LogP contribution in [0.2, 0.25) is 5.02 Å². The van der Waals surface area contributed by atoms with Gasteiger partial charge in [0.15, 0.2) is 0 Å². The van der Waals surface area contributed by atoms with Crippen LogP contribution in [0.1, 0.15) is 10.4 Å². The number of carbonyl (C=O) groups excluding carboxylic acids is 2. The van der Waals surface area contributed by atoms with Gasteiger partial charge in [-0.3, -0.25) is 9.59 Å². The zero-order valence-corrected chi connectivity index (χ0v) is 13.9. The van der Waals surface area contributed by atoms with Crippen LogP contribution < -0.4 is 4.74 Å². The average molecular weight is 339 g/mol. The minimum Gasteiger partial charge on any atom is -0.496 e. The van der Waals surface area contributed by atoms with Crippen LogP contribution in [0, 0.1) is 5.92 Å². The number of nitrogens with zero attached hydrogens (tertiary/aromatic N) is 2. The van der Waals surface area contributed by atoms with Gasteiger partial charge in [-0.1, -0.05) is 11.6 Å². The fraction of sp³-hybridized carbons (Fsp3) is 0.500. The van der Waals surface area contributed by atoms with Crippen molar-refractivity contribution in [3.05, 3.63) is 28.8 Å². The molecule has 2 aliphatic rings. The predicted octanol–water partition coefficient (Wildman–Crippen LogP) is 1.28. The van der Waals surface area contributed by atoms with E-state index in [1.165, 1.54) is 7.11 Å². The van der Waals surface area contributed by atoms with Crippen molar-refractivity contribution in [2.75, 3.05) is 40.5 Å². The van der Waals surface area contributed by atoms with Crippen LogP contribution >= 0.6 is 11.6 Å². The number of halogens is 1. The van der Waals surface area contributed by atoms with Crippen molar-refractivity contribution in [2.24, 2.45) is 5.92 Å². The molecule has 1 aromatic rings. The zero-order chi connectivity index (χ0) is 16.6. The molecule has 2 bridgehead atoms. The van der Waals surface area contributed by atoms with E-state index in [-0.39, 0.29) is 23.8 Å². The van der Waals surface area contributed by atoms with Crippen LogP contribution in [0.3, 0.4) is 0 Å². The number of fused-ring (bicyclic) bond motifs is 3. The predicted molar refractivity (Wildman–Crippen MR) is 84.8 cm³/mol. The smallest absolute Gasteiger partial charge is 0.257 e. The Morgan fingerprint density at radius 3 is 2.87 bits per heavy atom. The summed E-state index contributed by atoms with van der Waals surface area (Å²) in [6, 6.07) is 4.81. The molecule has 2 amide bonds. The Morgan fingerprint density at radius 2 is 2.13 bits per heavy atom. The van der Waals surface area contributed by atoms with E-state index in [0.29, 0.717) is 42.6 Å². The molecule has 0 aromatic heterocycles. The molecule has 0 aliphatic carbocycles. The van der Waals surface area contributed by atoms with Crippen LogP contribution in [0.5, 0.6) is 5.75 Å².